The molecule has 0 unspecified atom stereocenters. The van der Waals surface area contributed by atoms with Crippen molar-refractivity contribution >= 4 is 46.0 Å². The highest BCUT2D eigenvalue weighted by Crippen LogP contribution is 2.47. The van der Waals surface area contributed by atoms with Crippen molar-refractivity contribution in [2.45, 2.75) is 44.0 Å². The second-order valence-electron chi connectivity index (χ2n) is 7.06. The third-order valence-electron chi connectivity index (χ3n) is 4.75. The minimum Gasteiger partial charge on any atom is -0.295 e. The zero-order valence-electron chi connectivity index (χ0n) is 15.1. The van der Waals surface area contributed by atoms with Crippen molar-refractivity contribution in [3.63, 3.8) is 0 Å². The number of rotatable bonds is 4. The zero-order valence-corrected chi connectivity index (χ0v) is 16.8. The highest BCUT2D eigenvalue weighted by Gasteiger charge is 2.47. The first-order valence-corrected chi connectivity index (χ1v) is 10.3. The number of hydrogen-bond acceptors (Lipinski definition) is 6. The lowest BCUT2D eigenvalue weighted by molar-refractivity contribution is -0.115. The molecule has 1 amide bonds. The van der Waals surface area contributed by atoms with Crippen molar-refractivity contribution < 1.29 is 9.59 Å². The molecule has 0 N–H and O–H groups in total. The molecular formula is C19H19N3O2S2. The van der Waals surface area contributed by atoms with Crippen LogP contribution < -0.4 is 4.90 Å². The van der Waals surface area contributed by atoms with Crippen LogP contribution in [0.25, 0.3) is 5.57 Å². The number of carbonyl (C=O) groups excluding carboxylic acids is 2. The van der Waals surface area contributed by atoms with Gasteiger partial charge in [0, 0.05) is 11.3 Å². The summed E-state index contributed by atoms with van der Waals surface area (Å²) in [6.07, 6.45) is 2.93. The number of aryl methyl sites for hydroxylation is 2. The van der Waals surface area contributed by atoms with Crippen molar-refractivity contribution in [1.82, 2.24) is 10.2 Å². The van der Waals surface area contributed by atoms with Crippen LogP contribution in [0.5, 0.6) is 0 Å². The van der Waals surface area contributed by atoms with Crippen molar-refractivity contribution in [2.24, 2.45) is 0 Å². The van der Waals surface area contributed by atoms with E-state index in [0.29, 0.717) is 5.56 Å². The van der Waals surface area contributed by atoms with Gasteiger partial charge in [0.15, 0.2) is 4.34 Å². The van der Waals surface area contributed by atoms with Crippen LogP contribution in [0, 0.1) is 6.92 Å². The molecule has 0 atom stereocenters. The number of amides is 1. The number of benzene rings is 1. The van der Waals surface area contributed by atoms with Gasteiger partial charge in [-0.25, -0.2) is 0 Å². The predicted molar refractivity (Wildman–Crippen MR) is 105 cm³/mol. The number of nitrogens with zero attached hydrogens (tertiary/aromatic N) is 3. The standard InChI is InChI=1S/C19H19N3O2S2/c1-5-11-6-13-12(9-25-18-21-20-10(2)26-18)8-19(3,4)22-15(13)14(7-11)16(23)17(22)24/h6-8H,5,9H2,1-4H3. The first kappa shape index (κ1) is 17.4. The van der Waals surface area contributed by atoms with Crippen LogP contribution in [0.3, 0.4) is 0 Å². The molecule has 2 aliphatic heterocycles. The SMILES string of the molecule is CCc1cc2c3c(c1)C(CSc1nnc(C)s1)=CC(C)(C)N3C(=O)C2=O. The fourth-order valence-electron chi connectivity index (χ4n) is 3.59. The van der Waals surface area contributed by atoms with Gasteiger partial charge in [-0.15, -0.1) is 10.2 Å². The van der Waals surface area contributed by atoms with Crippen LogP contribution in [-0.4, -0.2) is 33.2 Å². The molecule has 0 fully saturated rings. The molecule has 5 nitrogen and oxygen atoms in total. The molecule has 7 heteroatoms. The fraction of sp³-hybridized carbons (Fsp3) is 0.368. The van der Waals surface area contributed by atoms with Gasteiger partial charge in [-0.05, 0) is 50.5 Å². The third-order valence-corrected chi connectivity index (χ3v) is 6.77. The molecule has 0 saturated heterocycles. The molecule has 0 aliphatic carbocycles. The Kier molecular flexibility index (Phi) is 4.04. The van der Waals surface area contributed by atoms with Gasteiger partial charge in [-0.3, -0.25) is 14.5 Å². The van der Waals surface area contributed by atoms with E-state index in [2.05, 4.69) is 29.3 Å². The topological polar surface area (TPSA) is 63.2 Å². The van der Waals surface area contributed by atoms with E-state index in [1.807, 2.05) is 26.8 Å². The Bertz CT molecular complexity index is 975. The molecule has 26 heavy (non-hydrogen) atoms. The van der Waals surface area contributed by atoms with Crippen molar-refractivity contribution in [3.05, 3.63) is 39.9 Å². The monoisotopic (exact) mass is 385 g/mol. The van der Waals surface area contributed by atoms with E-state index >= 15 is 0 Å². The van der Waals surface area contributed by atoms with Crippen LogP contribution in [0.15, 0.2) is 22.5 Å². The minimum absolute atomic E-state index is 0.397. The second-order valence-corrected chi connectivity index (χ2v) is 9.47. The second kappa shape index (κ2) is 6.03. The smallest absolute Gasteiger partial charge is 0.295 e. The highest BCUT2D eigenvalue weighted by atomic mass is 32.2. The molecule has 0 bridgehead atoms. The van der Waals surface area contributed by atoms with E-state index in [1.165, 1.54) is 0 Å². The zero-order chi connectivity index (χ0) is 18.6. The summed E-state index contributed by atoms with van der Waals surface area (Å²) in [5.41, 5.74) is 3.98. The Morgan fingerprint density at radius 2 is 1.92 bits per heavy atom. The van der Waals surface area contributed by atoms with Crippen molar-refractivity contribution in [2.75, 3.05) is 10.7 Å². The molecule has 0 spiro atoms. The quantitative estimate of drug-likeness (QED) is 0.590. The van der Waals surface area contributed by atoms with E-state index < -0.39 is 17.2 Å². The number of Topliss-reactive ketones (excluding diaryl/α,β-unsaturated/α-hetero) is 1. The summed E-state index contributed by atoms with van der Waals surface area (Å²) in [5, 5.41) is 9.19. The maximum absolute atomic E-state index is 12.6. The van der Waals surface area contributed by atoms with Crippen LogP contribution >= 0.6 is 23.1 Å². The van der Waals surface area contributed by atoms with Gasteiger partial charge in [0.25, 0.3) is 11.7 Å². The minimum atomic E-state index is -0.536. The predicted octanol–water partition coefficient (Wildman–Crippen LogP) is 3.91. The molecule has 2 aliphatic rings. The van der Waals surface area contributed by atoms with E-state index in [0.717, 1.165) is 43.9 Å². The summed E-state index contributed by atoms with van der Waals surface area (Å²) < 4.78 is 0.930. The summed E-state index contributed by atoms with van der Waals surface area (Å²) in [5.74, 6) is -0.0951. The van der Waals surface area contributed by atoms with Gasteiger partial charge in [0.2, 0.25) is 0 Å². The molecule has 4 rings (SSSR count). The van der Waals surface area contributed by atoms with Gasteiger partial charge in [0.05, 0.1) is 16.8 Å². The maximum atomic E-state index is 12.6. The first-order chi connectivity index (χ1) is 12.3. The molecule has 0 saturated carbocycles. The summed E-state index contributed by atoms with van der Waals surface area (Å²) in [4.78, 5) is 26.8. The maximum Gasteiger partial charge on any atom is 0.300 e. The number of carbonyl (C=O) groups is 2. The Labute approximate surface area is 160 Å². The Morgan fingerprint density at radius 1 is 1.19 bits per heavy atom. The molecule has 2 aromatic rings. The summed E-state index contributed by atoms with van der Waals surface area (Å²) in [6, 6.07) is 3.99. The Balaban J connectivity index is 1.81. The Hall–Kier alpha value is -1.99. The molecule has 1 aromatic carbocycles. The third kappa shape index (κ3) is 2.61. The van der Waals surface area contributed by atoms with E-state index in [1.54, 1.807) is 28.0 Å². The molecule has 134 valence electrons. The van der Waals surface area contributed by atoms with Crippen molar-refractivity contribution in [1.29, 1.82) is 0 Å². The number of anilines is 1. The lowest BCUT2D eigenvalue weighted by atomic mass is 9.87. The number of aromatic nitrogens is 2. The normalized spacial score (nSPS) is 17.5. The summed E-state index contributed by atoms with van der Waals surface area (Å²) >= 11 is 3.22. The Morgan fingerprint density at radius 3 is 2.58 bits per heavy atom. The van der Waals surface area contributed by atoms with Gasteiger partial charge >= 0.3 is 0 Å². The van der Waals surface area contributed by atoms with E-state index in [9.17, 15) is 9.59 Å². The van der Waals surface area contributed by atoms with Gasteiger partial charge in [-0.1, -0.05) is 36.1 Å². The van der Waals surface area contributed by atoms with E-state index in [-0.39, 0.29) is 0 Å². The van der Waals surface area contributed by atoms with E-state index in [4.69, 9.17) is 0 Å². The summed E-state index contributed by atoms with van der Waals surface area (Å²) in [6.45, 7) is 7.95. The van der Waals surface area contributed by atoms with Gasteiger partial charge in [-0.2, -0.15) is 0 Å². The molecule has 3 heterocycles. The van der Waals surface area contributed by atoms with Crippen LogP contribution in [-0.2, 0) is 11.2 Å². The highest BCUT2D eigenvalue weighted by molar-refractivity contribution is 8.01. The number of hydrogen-bond donors (Lipinski definition) is 0. The number of thioether (sulfide) groups is 1. The molecular weight excluding hydrogens is 366 g/mol. The lowest BCUT2D eigenvalue weighted by Crippen LogP contribution is -2.47. The fourth-order valence-corrected chi connectivity index (χ4v) is 5.40. The van der Waals surface area contributed by atoms with Crippen molar-refractivity contribution in [3.8, 4) is 0 Å². The van der Waals surface area contributed by atoms with Crippen LogP contribution in [0.1, 0.15) is 47.3 Å². The number of ketones is 1. The average Bonchev–Trinajstić information content (AvgIpc) is 3.12. The molecule has 1 aromatic heterocycles. The first-order valence-electron chi connectivity index (χ1n) is 8.52. The summed E-state index contributed by atoms with van der Waals surface area (Å²) in [7, 11) is 0. The molecule has 0 radical (unpaired) electrons. The largest absolute Gasteiger partial charge is 0.300 e. The van der Waals surface area contributed by atoms with Gasteiger partial charge in [0.1, 0.15) is 5.01 Å². The van der Waals surface area contributed by atoms with Crippen LogP contribution in [0.2, 0.25) is 0 Å². The lowest BCUT2D eigenvalue weighted by Gasteiger charge is -2.39. The van der Waals surface area contributed by atoms with Gasteiger partial charge < -0.3 is 0 Å². The average molecular weight is 386 g/mol. The van der Waals surface area contributed by atoms with Crippen LogP contribution in [0.4, 0.5) is 5.69 Å².